The van der Waals surface area contributed by atoms with E-state index >= 15 is 0 Å². The molecule has 1 atom stereocenters. The number of hydrogen-bond donors (Lipinski definition) is 1. The summed E-state index contributed by atoms with van der Waals surface area (Å²) in [5, 5.41) is 3.99. The van der Waals surface area contributed by atoms with Gasteiger partial charge >= 0.3 is 0 Å². The van der Waals surface area contributed by atoms with E-state index < -0.39 is 16.1 Å². The van der Waals surface area contributed by atoms with Gasteiger partial charge in [0.1, 0.15) is 6.04 Å². The molecule has 42 heavy (non-hydrogen) atoms. The van der Waals surface area contributed by atoms with Crippen molar-refractivity contribution in [2.24, 2.45) is 0 Å². The molecule has 0 saturated heterocycles. The molecule has 0 spiro atoms. The fraction of sp³-hybridized carbons (Fsp3) is 0.375. The average molecular weight is 631 g/mol. The maximum absolute atomic E-state index is 14.0. The van der Waals surface area contributed by atoms with Gasteiger partial charge in [-0.2, -0.15) is 0 Å². The van der Waals surface area contributed by atoms with Gasteiger partial charge in [-0.25, -0.2) is 8.42 Å². The molecule has 0 aromatic heterocycles. The van der Waals surface area contributed by atoms with Gasteiger partial charge in [-0.1, -0.05) is 90.6 Å². The first-order valence-electron chi connectivity index (χ1n) is 14.2. The van der Waals surface area contributed by atoms with E-state index in [1.54, 1.807) is 47.4 Å². The molecule has 1 fully saturated rings. The second-order valence-corrected chi connectivity index (χ2v) is 13.4. The van der Waals surface area contributed by atoms with Crippen molar-refractivity contribution in [3.05, 3.63) is 100 Å². The van der Waals surface area contributed by atoms with Gasteiger partial charge in [-0.3, -0.25) is 13.9 Å². The molecule has 1 aliphatic carbocycles. The highest BCUT2D eigenvalue weighted by molar-refractivity contribution is 7.92. The molecule has 4 rings (SSSR count). The Labute approximate surface area is 258 Å². The summed E-state index contributed by atoms with van der Waals surface area (Å²) >= 11 is 13.1. The third kappa shape index (κ3) is 8.72. The zero-order valence-electron chi connectivity index (χ0n) is 23.7. The summed E-state index contributed by atoms with van der Waals surface area (Å²) in [4.78, 5) is 29.4. The molecule has 1 N–H and O–H groups in total. The van der Waals surface area contributed by atoms with Crippen LogP contribution in [-0.4, -0.2) is 50.0 Å². The minimum atomic E-state index is -3.57. The molecule has 2 amide bonds. The fourth-order valence-electron chi connectivity index (χ4n) is 5.37. The van der Waals surface area contributed by atoms with Crippen molar-refractivity contribution in [1.82, 2.24) is 10.2 Å². The monoisotopic (exact) mass is 629 g/mol. The summed E-state index contributed by atoms with van der Waals surface area (Å²) in [5.74, 6) is -0.501. The summed E-state index contributed by atoms with van der Waals surface area (Å²) in [5.41, 5.74) is 2.01. The Hall–Kier alpha value is -3.07. The topological polar surface area (TPSA) is 86.8 Å². The number of benzene rings is 3. The van der Waals surface area contributed by atoms with Gasteiger partial charge in [0, 0.05) is 47.6 Å². The summed E-state index contributed by atoms with van der Waals surface area (Å²) < 4.78 is 26.4. The zero-order chi connectivity index (χ0) is 30.1. The van der Waals surface area contributed by atoms with Crippen LogP contribution in [0.15, 0.2) is 78.9 Å². The molecule has 1 saturated carbocycles. The molecule has 7 nitrogen and oxygen atoms in total. The van der Waals surface area contributed by atoms with E-state index in [4.69, 9.17) is 23.2 Å². The number of rotatable bonds is 13. The molecule has 0 heterocycles. The summed E-state index contributed by atoms with van der Waals surface area (Å²) in [6.45, 7) is 0.161. The van der Waals surface area contributed by atoms with Gasteiger partial charge < -0.3 is 10.2 Å². The second-order valence-electron chi connectivity index (χ2n) is 10.7. The van der Waals surface area contributed by atoms with Crippen LogP contribution in [0.25, 0.3) is 0 Å². The number of carbonyl (C=O) groups is 2. The van der Waals surface area contributed by atoms with E-state index in [0.717, 1.165) is 37.5 Å². The van der Waals surface area contributed by atoms with Crippen molar-refractivity contribution >= 4 is 50.7 Å². The minimum absolute atomic E-state index is 0.0307. The predicted octanol–water partition coefficient (Wildman–Crippen LogP) is 6.24. The number of anilines is 1. The lowest BCUT2D eigenvalue weighted by Gasteiger charge is -2.33. The van der Waals surface area contributed by atoms with Crippen LogP contribution < -0.4 is 9.62 Å². The first-order valence-corrected chi connectivity index (χ1v) is 16.8. The first kappa shape index (κ1) is 31.9. The largest absolute Gasteiger partial charge is 0.352 e. The van der Waals surface area contributed by atoms with Crippen LogP contribution in [-0.2, 0) is 32.6 Å². The number of nitrogens with zero attached hydrogens (tertiary/aromatic N) is 2. The lowest BCUT2D eigenvalue weighted by Crippen LogP contribution is -2.52. The van der Waals surface area contributed by atoms with Crippen molar-refractivity contribution in [3.63, 3.8) is 0 Å². The van der Waals surface area contributed by atoms with Crippen molar-refractivity contribution in [2.75, 3.05) is 17.1 Å². The van der Waals surface area contributed by atoms with Crippen LogP contribution in [0.4, 0.5) is 5.69 Å². The summed E-state index contributed by atoms with van der Waals surface area (Å²) in [7, 11) is -3.57. The third-order valence-electron chi connectivity index (χ3n) is 7.56. The Morgan fingerprint density at radius 2 is 1.50 bits per heavy atom. The number of amides is 2. The standard InChI is InChI=1S/C32H37Cl2N3O4S/c1-42(40,41)37(26-16-6-3-7-17-26)21-11-20-31(38)36(23-27-28(33)18-10-19-29(27)34)30(22-24-12-4-2-5-13-24)32(39)35-25-14-8-9-15-25/h2-7,10,12-13,16-19,25,30H,8-9,11,14-15,20-23H2,1H3,(H,35,39)/t30-/m0/s1. The first-order chi connectivity index (χ1) is 20.1. The number of nitrogens with one attached hydrogen (secondary N) is 1. The van der Waals surface area contributed by atoms with Gasteiger partial charge in [0.05, 0.1) is 11.9 Å². The van der Waals surface area contributed by atoms with Crippen LogP contribution >= 0.6 is 23.2 Å². The van der Waals surface area contributed by atoms with Gasteiger partial charge in [-0.05, 0) is 49.1 Å². The number of carbonyl (C=O) groups excluding carboxylic acids is 2. The van der Waals surface area contributed by atoms with E-state index in [2.05, 4.69) is 5.32 Å². The lowest BCUT2D eigenvalue weighted by molar-refractivity contribution is -0.141. The van der Waals surface area contributed by atoms with Crippen LogP contribution in [0.3, 0.4) is 0 Å². The highest BCUT2D eigenvalue weighted by Crippen LogP contribution is 2.28. The second kappa shape index (κ2) is 14.9. The molecule has 224 valence electrons. The Balaban J connectivity index is 1.62. The average Bonchev–Trinajstić information content (AvgIpc) is 3.47. The van der Waals surface area contributed by atoms with Crippen LogP contribution in [0.5, 0.6) is 0 Å². The van der Waals surface area contributed by atoms with Gasteiger partial charge in [0.2, 0.25) is 21.8 Å². The van der Waals surface area contributed by atoms with E-state index in [1.165, 1.54) is 4.31 Å². The summed E-state index contributed by atoms with van der Waals surface area (Å²) in [6.07, 6.45) is 5.70. The minimum Gasteiger partial charge on any atom is -0.352 e. The quantitative estimate of drug-likeness (QED) is 0.242. The molecule has 0 aliphatic heterocycles. The van der Waals surface area contributed by atoms with Gasteiger partial charge in [0.15, 0.2) is 0 Å². The number of sulfonamides is 1. The van der Waals surface area contributed by atoms with E-state index in [9.17, 15) is 18.0 Å². The van der Waals surface area contributed by atoms with Crippen LogP contribution in [0.1, 0.15) is 49.7 Å². The Morgan fingerprint density at radius 1 is 0.905 bits per heavy atom. The molecule has 0 radical (unpaired) electrons. The molecule has 3 aromatic rings. The smallest absolute Gasteiger partial charge is 0.243 e. The molecule has 0 unspecified atom stereocenters. The van der Waals surface area contributed by atoms with Crippen LogP contribution in [0.2, 0.25) is 10.0 Å². The molecule has 10 heteroatoms. The fourth-order valence-corrected chi connectivity index (χ4v) is 6.86. The van der Waals surface area contributed by atoms with Crippen molar-refractivity contribution in [1.29, 1.82) is 0 Å². The number of para-hydroxylation sites is 1. The number of halogens is 2. The Morgan fingerprint density at radius 3 is 2.10 bits per heavy atom. The Kier molecular flexibility index (Phi) is 11.3. The number of hydrogen-bond acceptors (Lipinski definition) is 4. The molecular weight excluding hydrogens is 593 g/mol. The predicted molar refractivity (Wildman–Crippen MR) is 169 cm³/mol. The molecule has 3 aromatic carbocycles. The van der Waals surface area contributed by atoms with E-state index in [1.807, 2.05) is 36.4 Å². The molecular formula is C32H37Cl2N3O4S. The van der Waals surface area contributed by atoms with Gasteiger partial charge in [0.25, 0.3) is 0 Å². The van der Waals surface area contributed by atoms with Crippen molar-refractivity contribution in [2.45, 2.75) is 63.6 Å². The van der Waals surface area contributed by atoms with Crippen molar-refractivity contribution in [3.8, 4) is 0 Å². The van der Waals surface area contributed by atoms with E-state index in [-0.39, 0.29) is 43.8 Å². The van der Waals surface area contributed by atoms with E-state index in [0.29, 0.717) is 27.7 Å². The summed E-state index contributed by atoms with van der Waals surface area (Å²) in [6, 6.07) is 22.8. The zero-order valence-corrected chi connectivity index (χ0v) is 26.0. The molecule has 1 aliphatic rings. The highest BCUT2D eigenvalue weighted by Gasteiger charge is 2.33. The van der Waals surface area contributed by atoms with Crippen molar-refractivity contribution < 1.29 is 18.0 Å². The molecule has 0 bridgehead atoms. The third-order valence-corrected chi connectivity index (χ3v) is 9.46. The van der Waals surface area contributed by atoms with Gasteiger partial charge in [-0.15, -0.1) is 0 Å². The SMILES string of the molecule is CS(=O)(=O)N(CCCC(=O)N(Cc1c(Cl)cccc1Cl)[C@@H](Cc1ccccc1)C(=O)NC1CCCC1)c1ccccc1. The maximum Gasteiger partial charge on any atom is 0.243 e. The Bertz CT molecular complexity index is 1430. The maximum atomic E-state index is 14.0. The lowest BCUT2D eigenvalue weighted by atomic mass is 10.0. The highest BCUT2D eigenvalue weighted by atomic mass is 35.5. The van der Waals surface area contributed by atoms with Crippen LogP contribution in [0, 0.1) is 0 Å². The normalized spacial score (nSPS) is 14.4.